The molecule has 0 bridgehead atoms. The minimum Gasteiger partial charge on any atom is -0.457 e. The molecule has 1 aliphatic heterocycles. The molecule has 2 aromatic carbocycles. The SMILES string of the molecule is C[C@@H]1C[C@H](C)CN(S(=O)(=O)c2ccc(C(=O)OCc3ccc(F)cc3)cc2)C1. The number of ether oxygens (including phenoxy) is 1. The zero-order valence-electron chi connectivity index (χ0n) is 16.0. The van der Waals surface area contributed by atoms with Gasteiger partial charge in [0.25, 0.3) is 0 Å². The Bertz CT molecular complexity index is 916. The van der Waals surface area contributed by atoms with Crippen molar-refractivity contribution >= 4 is 16.0 Å². The number of piperidine rings is 1. The molecule has 28 heavy (non-hydrogen) atoms. The Balaban J connectivity index is 1.66. The minimum atomic E-state index is -3.58. The van der Waals surface area contributed by atoms with E-state index in [0.717, 1.165) is 6.42 Å². The van der Waals surface area contributed by atoms with Crippen LogP contribution in [0.1, 0.15) is 36.2 Å². The zero-order chi connectivity index (χ0) is 20.3. The van der Waals surface area contributed by atoms with Gasteiger partial charge in [-0.3, -0.25) is 0 Å². The highest BCUT2D eigenvalue weighted by Crippen LogP contribution is 2.26. The van der Waals surface area contributed by atoms with Gasteiger partial charge in [0.15, 0.2) is 0 Å². The van der Waals surface area contributed by atoms with Crippen molar-refractivity contribution in [3.63, 3.8) is 0 Å². The summed E-state index contributed by atoms with van der Waals surface area (Å²) < 4.78 is 45.4. The summed E-state index contributed by atoms with van der Waals surface area (Å²) in [5, 5.41) is 0. The maximum Gasteiger partial charge on any atom is 0.338 e. The lowest BCUT2D eigenvalue weighted by Crippen LogP contribution is -2.42. The summed E-state index contributed by atoms with van der Waals surface area (Å²) >= 11 is 0. The molecule has 0 aromatic heterocycles. The number of benzene rings is 2. The lowest BCUT2D eigenvalue weighted by Gasteiger charge is -2.34. The van der Waals surface area contributed by atoms with Crippen LogP contribution in [0.15, 0.2) is 53.4 Å². The van der Waals surface area contributed by atoms with Crippen LogP contribution in [0, 0.1) is 17.7 Å². The van der Waals surface area contributed by atoms with Gasteiger partial charge >= 0.3 is 5.97 Å². The molecule has 0 amide bonds. The third kappa shape index (κ3) is 4.77. The van der Waals surface area contributed by atoms with Gasteiger partial charge in [-0.15, -0.1) is 0 Å². The number of sulfonamides is 1. The van der Waals surface area contributed by atoms with Gasteiger partial charge in [0.1, 0.15) is 12.4 Å². The number of carbonyl (C=O) groups is 1. The Morgan fingerprint density at radius 3 is 2.18 bits per heavy atom. The normalized spacial score (nSPS) is 20.7. The van der Waals surface area contributed by atoms with Crippen LogP contribution in [0.3, 0.4) is 0 Å². The molecule has 2 aromatic rings. The molecular weight excluding hydrogens is 381 g/mol. The Morgan fingerprint density at radius 1 is 1.04 bits per heavy atom. The van der Waals surface area contributed by atoms with Crippen molar-refractivity contribution in [1.29, 1.82) is 0 Å². The molecule has 1 heterocycles. The summed E-state index contributed by atoms with van der Waals surface area (Å²) in [6, 6.07) is 11.5. The van der Waals surface area contributed by atoms with Crippen LogP contribution < -0.4 is 0 Å². The van der Waals surface area contributed by atoms with Crippen molar-refractivity contribution in [2.75, 3.05) is 13.1 Å². The maximum absolute atomic E-state index is 12.9. The first-order valence-corrected chi connectivity index (χ1v) is 10.7. The van der Waals surface area contributed by atoms with E-state index in [1.54, 1.807) is 12.1 Å². The summed E-state index contributed by atoms with van der Waals surface area (Å²) in [5.74, 6) is -0.281. The van der Waals surface area contributed by atoms with Gasteiger partial charge in [0.2, 0.25) is 10.0 Å². The van der Waals surface area contributed by atoms with Crippen LogP contribution in [0.2, 0.25) is 0 Å². The third-order valence-electron chi connectivity index (χ3n) is 4.85. The Morgan fingerprint density at radius 2 is 1.61 bits per heavy atom. The van der Waals surface area contributed by atoms with Crippen molar-refractivity contribution in [2.24, 2.45) is 11.8 Å². The first-order chi connectivity index (χ1) is 13.3. The molecule has 1 saturated heterocycles. The topological polar surface area (TPSA) is 63.7 Å². The molecule has 0 saturated carbocycles. The molecule has 2 atom stereocenters. The molecule has 0 spiro atoms. The third-order valence-corrected chi connectivity index (χ3v) is 6.69. The predicted molar refractivity (Wildman–Crippen MR) is 104 cm³/mol. The van der Waals surface area contributed by atoms with Crippen LogP contribution in [-0.4, -0.2) is 31.8 Å². The summed E-state index contributed by atoms with van der Waals surface area (Å²) in [5.41, 5.74) is 0.934. The number of esters is 1. The lowest BCUT2D eigenvalue weighted by molar-refractivity contribution is 0.0472. The average molecular weight is 405 g/mol. The van der Waals surface area contributed by atoms with E-state index in [9.17, 15) is 17.6 Å². The van der Waals surface area contributed by atoms with Gasteiger partial charge in [-0.05, 0) is 60.2 Å². The Kier molecular flexibility index (Phi) is 6.15. The van der Waals surface area contributed by atoms with Crippen LogP contribution in [0.5, 0.6) is 0 Å². The largest absolute Gasteiger partial charge is 0.457 e. The van der Waals surface area contributed by atoms with E-state index in [1.807, 2.05) is 0 Å². The van der Waals surface area contributed by atoms with Gasteiger partial charge in [-0.2, -0.15) is 4.31 Å². The quantitative estimate of drug-likeness (QED) is 0.709. The predicted octanol–water partition coefficient (Wildman–Crippen LogP) is 3.85. The van der Waals surface area contributed by atoms with Gasteiger partial charge < -0.3 is 4.74 Å². The molecule has 1 fully saturated rings. The molecule has 0 N–H and O–H groups in total. The van der Waals surface area contributed by atoms with Crippen molar-refractivity contribution in [2.45, 2.75) is 31.8 Å². The molecule has 3 rings (SSSR count). The van der Waals surface area contributed by atoms with E-state index in [1.165, 1.54) is 40.7 Å². The number of rotatable bonds is 5. The van der Waals surface area contributed by atoms with E-state index in [4.69, 9.17) is 4.74 Å². The smallest absolute Gasteiger partial charge is 0.338 e. The first-order valence-electron chi connectivity index (χ1n) is 9.27. The van der Waals surface area contributed by atoms with Gasteiger partial charge in [-0.25, -0.2) is 17.6 Å². The molecule has 0 unspecified atom stereocenters. The second-order valence-electron chi connectivity index (χ2n) is 7.50. The Labute approximate surface area is 165 Å². The molecule has 5 nitrogen and oxygen atoms in total. The highest BCUT2D eigenvalue weighted by Gasteiger charge is 2.31. The fourth-order valence-electron chi connectivity index (χ4n) is 3.53. The molecule has 1 aliphatic rings. The van der Waals surface area contributed by atoms with Crippen molar-refractivity contribution in [1.82, 2.24) is 4.31 Å². The first kappa shape index (κ1) is 20.5. The second kappa shape index (κ2) is 8.41. The minimum absolute atomic E-state index is 0.0166. The number of halogens is 1. The van der Waals surface area contributed by atoms with E-state index in [0.29, 0.717) is 30.5 Å². The highest BCUT2D eigenvalue weighted by atomic mass is 32.2. The van der Waals surface area contributed by atoms with E-state index in [2.05, 4.69) is 13.8 Å². The zero-order valence-corrected chi connectivity index (χ0v) is 16.8. The monoisotopic (exact) mass is 405 g/mol. The average Bonchev–Trinajstić information content (AvgIpc) is 2.66. The van der Waals surface area contributed by atoms with E-state index >= 15 is 0 Å². The van der Waals surface area contributed by atoms with Crippen LogP contribution in [-0.2, 0) is 21.4 Å². The fraction of sp³-hybridized carbons (Fsp3) is 0.381. The molecular formula is C21H24FNO4S. The second-order valence-corrected chi connectivity index (χ2v) is 9.43. The van der Waals surface area contributed by atoms with E-state index in [-0.39, 0.29) is 22.9 Å². The lowest BCUT2D eigenvalue weighted by atomic mass is 9.94. The molecule has 150 valence electrons. The number of nitrogens with zero attached hydrogens (tertiary/aromatic N) is 1. The van der Waals surface area contributed by atoms with Crippen LogP contribution in [0.4, 0.5) is 4.39 Å². The summed E-state index contributed by atoms with van der Waals surface area (Å²) in [6.45, 7) is 5.14. The van der Waals surface area contributed by atoms with Crippen molar-refractivity contribution in [3.05, 3.63) is 65.5 Å². The van der Waals surface area contributed by atoms with Gasteiger partial charge in [-0.1, -0.05) is 26.0 Å². The summed E-state index contributed by atoms with van der Waals surface area (Å²) in [4.78, 5) is 12.3. The standard InChI is InChI=1S/C21H24FNO4S/c1-15-11-16(2)13-23(12-15)28(25,26)20-9-5-18(6-10-20)21(24)27-14-17-3-7-19(22)8-4-17/h3-10,15-16H,11-14H2,1-2H3/t15-,16+. The number of carbonyl (C=O) groups excluding carboxylic acids is 1. The van der Waals surface area contributed by atoms with Crippen LogP contribution >= 0.6 is 0 Å². The highest BCUT2D eigenvalue weighted by molar-refractivity contribution is 7.89. The maximum atomic E-state index is 12.9. The van der Waals surface area contributed by atoms with Gasteiger partial charge in [0, 0.05) is 13.1 Å². The molecule has 0 radical (unpaired) electrons. The Hall–Kier alpha value is -2.25. The molecule has 7 heteroatoms. The molecule has 0 aliphatic carbocycles. The summed E-state index contributed by atoms with van der Waals surface area (Å²) in [7, 11) is -3.58. The summed E-state index contributed by atoms with van der Waals surface area (Å²) in [6.07, 6.45) is 1.02. The van der Waals surface area contributed by atoms with Crippen molar-refractivity contribution in [3.8, 4) is 0 Å². The number of hydrogen-bond donors (Lipinski definition) is 0. The van der Waals surface area contributed by atoms with E-state index < -0.39 is 16.0 Å². The fourth-order valence-corrected chi connectivity index (χ4v) is 5.21. The van der Waals surface area contributed by atoms with Gasteiger partial charge in [0.05, 0.1) is 10.5 Å². The number of hydrogen-bond acceptors (Lipinski definition) is 4. The van der Waals surface area contributed by atoms with Crippen LogP contribution in [0.25, 0.3) is 0 Å². The van der Waals surface area contributed by atoms with Crippen molar-refractivity contribution < 1.29 is 22.3 Å².